The van der Waals surface area contributed by atoms with Gasteiger partial charge in [-0.25, -0.2) is 4.79 Å². The molecule has 0 amide bonds. The molecule has 6 nitrogen and oxygen atoms in total. The number of fused-ring (bicyclic) bond motifs is 8. The van der Waals surface area contributed by atoms with Crippen molar-refractivity contribution in [3.63, 3.8) is 0 Å². The number of para-hydroxylation sites is 2. The highest BCUT2D eigenvalue weighted by Crippen LogP contribution is 2.43. The van der Waals surface area contributed by atoms with Gasteiger partial charge in [-0.3, -0.25) is 0 Å². The van der Waals surface area contributed by atoms with Crippen molar-refractivity contribution in [3.8, 4) is 11.5 Å². The van der Waals surface area contributed by atoms with Crippen molar-refractivity contribution >= 4 is 55.9 Å². The fourth-order valence-corrected chi connectivity index (χ4v) is 4.62. The van der Waals surface area contributed by atoms with E-state index in [4.69, 9.17) is 18.7 Å². The number of hydrogen-bond acceptors (Lipinski definition) is 5. The molecule has 7 rings (SSSR count). The van der Waals surface area contributed by atoms with Gasteiger partial charge in [-0.2, -0.15) is 13.2 Å². The third-order valence-corrected chi connectivity index (χ3v) is 6.28. The Bertz CT molecular complexity index is 1890. The van der Waals surface area contributed by atoms with Crippen LogP contribution in [0.1, 0.15) is 5.56 Å². The normalized spacial score (nSPS) is 15.1. The first kappa shape index (κ1) is 23.5. The molecule has 1 atom stereocenters. The lowest BCUT2D eigenvalue weighted by Gasteiger charge is -2.27. The van der Waals surface area contributed by atoms with E-state index in [1.54, 1.807) is 42.5 Å². The molecule has 1 aliphatic rings. The molecule has 3 heterocycles. The zero-order valence-electron chi connectivity index (χ0n) is 19.3. The number of carboxylic acids is 1. The lowest BCUT2D eigenvalue weighted by Crippen LogP contribution is -2.40. The summed E-state index contributed by atoms with van der Waals surface area (Å²) in [5.41, 5.74) is 2.09. The summed E-state index contributed by atoms with van der Waals surface area (Å²) >= 11 is 0. The molecule has 4 aromatic carbocycles. The van der Waals surface area contributed by atoms with E-state index in [9.17, 15) is 23.1 Å². The van der Waals surface area contributed by atoms with Crippen molar-refractivity contribution in [2.24, 2.45) is 0 Å². The molecule has 1 unspecified atom stereocenters. The number of aliphatic carboxylic acids is 1. The van der Waals surface area contributed by atoms with Crippen LogP contribution in [-0.4, -0.2) is 28.5 Å². The Balaban J connectivity index is 0.000000159. The molecular weight excluding hydrogens is 501 g/mol. The molecule has 0 saturated carbocycles. The third-order valence-electron chi connectivity index (χ3n) is 6.28. The van der Waals surface area contributed by atoms with Crippen molar-refractivity contribution in [2.75, 3.05) is 0 Å². The maximum Gasteiger partial charge on any atom is 0.430 e. The largest absolute Gasteiger partial charge is 0.508 e. The van der Waals surface area contributed by atoms with E-state index < -0.39 is 23.8 Å². The summed E-state index contributed by atoms with van der Waals surface area (Å²) in [6.07, 6.45) is -6.31. The van der Waals surface area contributed by atoms with Crippen LogP contribution in [0.25, 0.3) is 50.0 Å². The molecule has 0 saturated heterocycles. The van der Waals surface area contributed by atoms with Gasteiger partial charge in [0.2, 0.25) is 6.10 Å². The van der Waals surface area contributed by atoms with Crippen molar-refractivity contribution in [3.05, 3.63) is 90.0 Å². The van der Waals surface area contributed by atoms with Crippen LogP contribution >= 0.6 is 0 Å². The van der Waals surface area contributed by atoms with E-state index in [-0.39, 0.29) is 17.1 Å². The number of furan rings is 2. The summed E-state index contributed by atoms with van der Waals surface area (Å²) in [6.45, 7) is 0. The minimum Gasteiger partial charge on any atom is -0.508 e. The fraction of sp³-hybridized carbons (Fsp3) is 0.0690. The number of carboxylic acid groups (broad SMARTS) is 1. The molecule has 38 heavy (non-hydrogen) atoms. The number of rotatable bonds is 1. The van der Waals surface area contributed by atoms with Gasteiger partial charge in [0.1, 0.15) is 33.8 Å². The van der Waals surface area contributed by atoms with Gasteiger partial charge in [-0.1, -0.05) is 36.4 Å². The lowest BCUT2D eigenvalue weighted by atomic mass is 9.97. The number of halogens is 3. The molecule has 2 N–H and O–H groups in total. The highest BCUT2D eigenvalue weighted by atomic mass is 19.4. The van der Waals surface area contributed by atoms with Gasteiger partial charge in [-0.15, -0.1) is 0 Å². The number of benzene rings is 4. The van der Waals surface area contributed by atoms with Crippen LogP contribution in [0.5, 0.6) is 11.5 Å². The van der Waals surface area contributed by atoms with Crippen molar-refractivity contribution in [1.82, 2.24) is 0 Å². The highest BCUT2D eigenvalue weighted by Gasteiger charge is 2.48. The third kappa shape index (κ3) is 3.88. The van der Waals surface area contributed by atoms with Crippen LogP contribution in [0, 0.1) is 0 Å². The molecule has 0 radical (unpaired) electrons. The van der Waals surface area contributed by atoms with Gasteiger partial charge in [0.05, 0.1) is 5.57 Å². The molecule has 0 spiro atoms. The average Bonchev–Trinajstić information content (AvgIpc) is 3.46. The first-order valence-corrected chi connectivity index (χ1v) is 11.4. The summed E-state index contributed by atoms with van der Waals surface area (Å²) in [6, 6.07) is 22.8. The zero-order valence-corrected chi connectivity index (χ0v) is 19.3. The lowest BCUT2D eigenvalue weighted by molar-refractivity contribution is -0.187. The summed E-state index contributed by atoms with van der Waals surface area (Å²) < 4.78 is 55.5. The SMILES string of the molecule is O=C(O)C1=Cc2c(ccc3oc4ccccc4c23)OC1C(F)(F)F.Oc1ccc2oc3ccccc3c2c1. The van der Waals surface area contributed by atoms with Gasteiger partial charge in [0, 0.05) is 27.1 Å². The molecule has 2 aromatic heterocycles. The molecule has 190 valence electrons. The van der Waals surface area contributed by atoms with E-state index in [1.807, 2.05) is 24.3 Å². The number of phenolic OH excluding ortho intramolecular Hbond substituents is 1. The first-order chi connectivity index (χ1) is 18.2. The fourth-order valence-electron chi connectivity index (χ4n) is 4.62. The maximum atomic E-state index is 13.1. The van der Waals surface area contributed by atoms with E-state index in [1.165, 1.54) is 12.1 Å². The molecular formula is C29H17F3O6. The van der Waals surface area contributed by atoms with Crippen LogP contribution in [0.2, 0.25) is 0 Å². The standard InChI is InChI=1S/C17H9F3O4.C12H8O2/c18-17(19,20)15-10(16(21)22)7-9-12(24-15)5-6-13-14(9)8-3-1-2-4-11(8)23-13;13-8-5-6-12-10(7-8)9-3-1-2-4-11(9)14-12/h1-7,15H,(H,21,22);1-7,13H. The van der Waals surface area contributed by atoms with Crippen molar-refractivity contribution in [1.29, 1.82) is 0 Å². The Morgan fingerprint density at radius 2 is 1.37 bits per heavy atom. The van der Waals surface area contributed by atoms with Gasteiger partial charge in [0.15, 0.2) is 0 Å². The second-order valence-electron chi connectivity index (χ2n) is 8.67. The second kappa shape index (κ2) is 8.58. The van der Waals surface area contributed by atoms with E-state index in [0.717, 1.165) is 28.0 Å². The van der Waals surface area contributed by atoms with E-state index >= 15 is 0 Å². The van der Waals surface area contributed by atoms with Crippen LogP contribution < -0.4 is 4.74 Å². The van der Waals surface area contributed by atoms with Gasteiger partial charge in [-0.05, 0) is 48.5 Å². The molecule has 9 heteroatoms. The highest BCUT2D eigenvalue weighted by molar-refractivity contribution is 6.12. The minimum atomic E-state index is -4.82. The monoisotopic (exact) mass is 518 g/mol. The molecule has 0 bridgehead atoms. The van der Waals surface area contributed by atoms with Crippen LogP contribution in [0.15, 0.2) is 93.3 Å². The van der Waals surface area contributed by atoms with Crippen LogP contribution in [0.3, 0.4) is 0 Å². The maximum absolute atomic E-state index is 13.1. The number of hydrogen-bond donors (Lipinski definition) is 2. The van der Waals surface area contributed by atoms with Gasteiger partial charge in [0.25, 0.3) is 0 Å². The summed E-state index contributed by atoms with van der Waals surface area (Å²) in [5, 5.41) is 21.7. The topological polar surface area (TPSA) is 93.0 Å². The summed E-state index contributed by atoms with van der Waals surface area (Å²) in [5.74, 6) is -1.43. The Hall–Kier alpha value is -4.92. The Kier molecular flexibility index (Phi) is 5.30. The number of carbonyl (C=O) groups is 1. The second-order valence-corrected chi connectivity index (χ2v) is 8.67. The smallest absolute Gasteiger partial charge is 0.430 e. The predicted octanol–water partition coefficient (Wildman–Crippen LogP) is 7.67. The molecule has 0 aliphatic carbocycles. The van der Waals surface area contributed by atoms with Crippen molar-refractivity contribution < 1.29 is 41.8 Å². The van der Waals surface area contributed by atoms with E-state index in [0.29, 0.717) is 21.9 Å². The minimum absolute atomic E-state index is 0.0265. The van der Waals surface area contributed by atoms with E-state index in [2.05, 4.69) is 0 Å². The Morgan fingerprint density at radius 1 is 0.763 bits per heavy atom. The average molecular weight is 518 g/mol. The van der Waals surface area contributed by atoms with Crippen molar-refractivity contribution in [2.45, 2.75) is 12.3 Å². The number of alkyl halides is 3. The van der Waals surface area contributed by atoms with Crippen LogP contribution in [0.4, 0.5) is 13.2 Å². The molecule has 1 aliphatic heterocycles. The molecule has 6 aromatic rings. The van der Waals surface area contributed by atoms with Gasteiger partial charge >= 0.3 is 12.1 Å². The first-order valence-electron chi connectivity index (χ1n) is 11.4. The van der Waals surface area contributed by atoms with Gasteiger partial charge < -0.3 is 23.8 Å². The predicted molar refractivity (Wildman–Crippen MR) is 135 cm³/mol. The summed E-state index contributed by atoms with van der Waals surface area (Å²) in [7, 11) is 0. The Labute approximate surface area is 211 Å². The van der Waals surface area contributed by atoms with Crippen LogP contribution in [-0.2, 0) is 4.79 Å². The number of phenols is 1. The summed E-state index contributed by atoms with van der Waals surface area (Å²) in [4.78, 5) is 11.3. The Morgan fingerprint density at radius 3 is 2.08 bits per heavy atom. The number of aromatic hydroxyl groups is 1. The quantitative estimate of drug-likeness (QED) is 0.232. The number of ether oxygens (including phenoxy) is 1. The zero-order chi connectivity index (χ0) is 26.6. The molecule has 0 fully saturated rings.